The first-order valence-electron chi connectivity index (χ1n) is 8.71. The highest BCUT2D eigenvalue weighted by atomic mass is 127. The highest BCUT2D eigenvalue weighted by molar-refractivity contribution is 14.0. The van der Waals surface area contributed by atoms with Crippen molar-refractivity contribution in [2.24, 2.45) is 10.9 Å². The normalized spacial score (nSPS) is 13.8. The predicted molar refractivity (Wildman–Crippen MR) is 107 cm³/mol. The fraction of sp³-hybridized carbons (Fsp3) is 0.812. The molecule has 2 N–H and O–H groups in total. The summed E-state index contributed by atoms with van der Waals surface area (Å²) in [5.74, 6) is 3.46. The molecule has 1 aliphatic heterocycles. The van der Waals surface area contributed by atoms with Crippen molar-refractivity contribution in [1.29, 1.82) is 0 Å². The van der Waals surface area contributed by atoms with Gasteiger partial charge in [0, 0.05) is 39.3 Å². The van der Waals surface area contributed by atoms with E-state index >= 15 is 0 Å². The summed E-state index contributed by atoms with van der Waals surface area (Å²) in [6.45, 7) is 11.3. The van der Waals surface area contributed by atoms with Crippen molar-refractivity contribution in [3.05, 3.63) is 11.6 Å². The smallest absolute Gasteiger partial charge is 0.191 e. The second kappa shape index (κ2) is 11.6. The van der Waals surface area contributed by atoms with Gasteiger partial charge in [0.05, 0.1) is 0 Å². The van der Waals surface area contributed by atoms with Crippen molar-refractivity contribution in [1.82, 2.24) is 25.4 Å². The molecule has 0 spiro atoms. The Morgan fingerprint density at radius 2 is 2.17 bits per heavy atom. The van der Waals surface area contributed by atoms with Crippen molar-refractivity contribution in [3.63, 3.8) is 0 Å². The van der Waals surface area contributed by atoms with Crippen LogP contribution in [-0.2, 0) is 24.2 Å². The second-order valence-electron chi connectivity index (χ2n) is 6.23. The fourth-order valence-electron chi connectivity index (χ4n) is 2.52. The number of halogens is 1. The SMILES string of the molecule is CCNC(=NCc1nnc2n1CCC2)NCCCOCC(C)C.I. The molecule has 7 nitrogen and oxygen atoms in total. The molecule has 1 aliphatic rings. The zero-order valence-electron chi connectivity index (χ0n) is 15.0. The number of hydrogen-bond donors (Lipinski definition) is 2. The molecular formula is C16H31IN6O. The summed E-state index contributed by atoms with van der Waals surface area (Å²) in [4.78, 5) is 4.61. The lowest BCUT2D eigenvalue weighted by molar-refractivity contribution is 0.108. The molecule has 0 aromatic carbocycles. The van der Waals surface area contributed by atoms with Crippen molar-refractivity contribution in [2.75, 3.05) is 26.3 Å². The molecule has 0 atom stereocenters. The maximum atomic E-state index is 5.58. The first-order chi connectivity index (χ1) is 11.2. The Kier molecular flexibility index (Phi) is 10.2. The van der Waals surface area contributed by atoms with Gasteiger partial charge in [0.25, 0.3) is 0 Å². The van der Waals surface area contributed by atoms with Gasteiger partial charge in [-0.2, -0.15) is 0 Å². The quantitative estimate of drug-likeness (QED) is 0.261. The number of aromatic nitrogens is 3. The number of ether oxygens (including phenoxy) is 1. The van der Waals surface area contributed by atoms with Gasteiger partial charge in [0.2, 0.25) is 0 Å². The molecule has 1 aromatic heterocycles. The largest absolute Gasteiger partial charge is 0.381 e. The second-order valence-corrected chi connectivity index (χ2v) is 6.23. The Hall–Kier alpha value is -0.900. The summed E-state index contributed by atoms with van der Waals surface area (Å²) < 4.78 is 7.77. The standard InChI is InChI=1S/C16H30N6O.HI/c1-4-17-16(18-8-6-10-23-12-13(2)3)19-11-15-21-20-14-7-5-9-22(14)15;/h13H,4-12H2,1-3H3,(H2,17,18,19);1H. The Morgan fingerprint density at radius 1 is 1.33 bits per heavy atom. The van der Waals surface area contributed by atoms with Crippen LogP contribution in [0.1, 0.15) is 45.3 Å². The van der Waals surface area contributed by atoms with Gasteiger partial charge in [-0.15, -0.1) is 34.2 Å². The molecule has 2 rings (SSSR count). The number of nitrogens with zero attached hydrogens (tertiary/aromatic N) is 4. The molecule has 0 radical (unpaired) electrons. The van der Waals surface area contributed by atoms with E-state index in [9.17, 15) is 0 Å². The number of guanidine groups is 1. The molecule has 0 unspecified atom stereocenters. The molecule has 2 heterocycles. The van der Waals surface area contributed by atoms with E-state index in [1.807, 2.05) is 0 Å². The minimum absolute atomic E-state index is 0. The zero-order chi connectivity index (χ0) is 16.5. The molecule has 0 fully saturated rings. The molecular weight excluding hydrogens is 419 g/mol. The summed E-state index contributed by atoms with van der Waals surface area (Å²) in [5.41, 5.74) is 0. The summed E-state index contributed by atoms with van der Waals surface area (Å²) >= 11 is 0. The number of fused-ring (bicyclic) bond motifs is 1. The van der Waals surface area contributed by atoms with Gasteiger partial charge in [-0.3, -0.25) is 0 Å². The van der Waals surface area contributed by atoms with Crippen molar-refractivity contribution in [2.45, 2.75) is 53.1 Å². The van der Waals surface area contributed by atoms with Crippen LogP contribution in [0.5, 0.6) is 0 Å². The van der Waals surface area contributed by atoms with E-state index in [-0.39, 0.29) is 24.0 Å². The van der Waals surface area contributed by atoms with Gasteiger partial charge in [-0.1, -0.05) is 13.8 Å². The molecule has 0 saturated carbocycles. The van der Waals surface area contributed by atoms with Crippen LogP contribution < -0.4 is 10.6 Å². The first kappa shape index (κ1) is 21.1. The van der Waals surface area contributed by atoms with Gasteiger partial charge >= 0.3 is 0 Å². The Morgan fingerprint density at radius 3 is 2.92 bits per heavy atom. The Bertz CT molecular complexity index is 503. The number of hydrogen-bond acceptors (Lipinski definition) is 4. The molecule has 0 aliphatic carbocycles. The van der Waals surface area contributed by atoms with E-state index in [4.69, 9.17) is 4.74 Å². The fourth-order valence-corrected chi connectivity index (χ4v) is 2.52. The minimum atomic E-state index is 0. The van der Waals surface area contributed by atoms with E-state index in [1.54, 1.807) is 0 Å². The van der Waals surface area contributed by atoms with Crippen LogP contribution in [-0.4, -0.2) is 47.0 Å². The van der Waals surface area contributed by atoms with E-state index in [2.05, 4.69) is 51.2 Å². The summed E-state index contributed by atoms with van der Waals surface area (Å²) in [6, 6.07) is 0. The lowest BCUT2D eigenvalue weighted by atomic mass is 10.2. The molecule has 8 heteroatoms. The average Bonchev–Trinajstić information content (AvgIpc) is 3.11. The highest BCUT2D eigenvalue weighted by Crippen LogP contribution is 2.14. The number of rotatable bonds is 9. The summed E-state index contributed by atoms with van der Waals surface area (Å²) in [5, 5.41) is 15.1. The van der Waals surface area contributed by atoms with E-state index < -0.39 is 0 Å². The zero-order valence-corrected chi connectivity index (χ0v) is 17.4. The van der Waals surface area contributed by atoms with Crippen LogP contribution in [0, 0.1) is 5.92 Å². The Labute approximate surface area is 162 Å². The minimum Gasteiger partial charge on any atom is -0.381 e. The van der Waals surface area contributed by atoms with Gasteiger partial charge in [0.15, 0.2) is 11.8 Å². The maximum absolute atomic E-state index is 5.58. The van der Waals surface area contributed by atoms with Crippen LogP contribution in [0.15, 0.2) is 4.99 Å². The van der Waals surface area contributed by atoms with Gasteiger partial charge < -0.3 is 19.9 Å². The predicted octanol–water partition coefficient (Wildman–Crippen LogP) is 1.96. The van der Waals surface area contributed by atoms with E-state index in [1.165, 1.54) is 0 Å². The highest BCUT2D eigenvalue weighted by Gasteiger charge is 2.16. The molecule has 1 aromatic rings. The van der Waals surface area contributed by atoms with Gasteiger partial charge in [0.1, 0.15) is 12.4 Å². The number of aryl methyl sites for hydroxylation is 1. The van der Waals surface area contributed by atoms with Crippen molar-refractivity contribution in [3.8, 4) is 0 Å². The lowest BCUT2D eigenvalue weighted by Gasteiger charge is -2.12. The molecule has 24 heavy (non-hydrogen) atoms. The molecule has 138 valence electrons. The van der Waals surface area contributed by atoms with Gasteiger partial charge in [-0.05, 0) is 25.7 Å². The van der Waals surface area contributed by atoms with Crippen LogP contribution in [0.2, 0.25) is 0 Å². The van der Waals surface area contributed by atoms with Crippen LogP contribution in [0.3, 0.4) is 0 Å². The molecule has 0 amide bonds. The third-order valence-corrected chi connectivity index (χ3v) is 3.62. The number of aliphatic imine (C=N–C) groups is 1. The average molecular weight is 450 g/mol. The third kappa shape index (κ3) is 6.92. The summed E-state index contributed by atoms with van der Waals surface area (Å²) in [7, 11) is 0. The van der Waals surface area contributed by atoms with Crippen molar-refractivity contribution >= 4 is 29.9 Å². The van der Waals surface area contributed by atoms with E-state index in [0.717, 1.165) is 69.7 Å². The van der Waals surface area contributed by atoms with Crippen LogP contribution in [0.4, 0.5) is 0 Å². The van der Waals surface area contributed by atoms with Crippen molar-refractivity contribution < 1.29 is 4.74 Å². The number of nitrogens with one attached hydrogen (secondary N) is 2. The summed E-state index contributed by atoms with van der Waals surface area (Å²) in [6.07, 6.45) is 3.17. The molecule has 0 bridgehead atoms. The topological polar surface area (TPSA) is 76.4 Å². The van der Waals surface area contributed by atoms with E-state index in [0.29, 0.717) is 12.5 Å². The monoisotopic (exact) mass is 450 g/mol. The molecule has 0 saturated heterocycles. The Balaban J connectivity index is 0.00000288. The lowest BCUT2D eigenvalue weighted by Crippen LogP contribution is -2.38. The maximum Gasteiger partial charge on any atom is 0.191 e. The van der Waals surface area contributed by atoms with Crippen LogP contribution in [0.25, 0.3) is 0 Å². The van der Waals surface area contributed by atoms with Crippen LogP contribution >= 0.6 is 24.0 Å². The third-order valence-electron chi connectivity index (χ3n) is 3.62. The van der Waals surface area contributed by atoms with Gasteiger partial charge in [-0.25, -0.2) is 4.99 Å². The first-order valence-corrected chi connectivity index (χ1v) is 8.71.